The number of anilines is 4. The molecular formula is C23H33N7O4S. The number of carbonyl (C=O) groups is 1. The van der Waals surface area contributed by atoms with Crippen LogP contribution in [0.15, 0.2) is 37.1 Å². The summed E-state index contributed by atoms with van der Waals surface area (Å²) in [7, 11) is 6.54. The quantitative estimate of drug-likeness (QED) is 0.418. The molecule has 1 aliphatic rings. The van der Waals surface area contributed by atoms with Gasteiger partial charge in [-0.3, -0.25) is 4.79 Å². The number of methoxy groups -OCH3 is 1. The Kier molecular flexibility index (Phi) is 9.01. The molecule has 0 bridgehead atoms. The van der Waals surface area contributed by atoms with Crippen molar-refractivity contribution in [2.75, 3.05) is 76.2 Å². The average molecular weight is 504 g/mol. The van der Waals surface area contributed by atoms with Crippen LogP contribution in [0, 0.1) is 0 Å². The summed E-state index contributed by atoms with van der Waals surface area (Å²) in [5.74, 6) is 0.958. The summed E-state index contributed by atoms with van der Waals surface area (Å²) in [5, 5.41) is 6.03. The van der Waals surface area contributed by atoms with Gasteiger partial charge in [-0.15, -0.1) is 0 Å². The van der Waals surface area contributed by atoms with Gasteiger partial charge in [-0.2, -0.15) is 4.98 Å². The van der Waals surface area contributed by atoms with Gasteiger partial charge in [-0.1, -0.05) is 6.58 Å². The van der Waals surface area contributed by atoms with Crippen LogP contribution in [0.4, 0.5) is 23.0 Å². The number of carbonyl (C=O) groups excluding carboxylic acids is 1. The highest BCUT2D eigenvalue weighted by Gasteiger charge is 2.31. The third kappa shape index (κ3) is 7.13. The van der Waals surface area contributed by atoms with Gasteiger partial charge in [0.25, 0.3) is 0 Å². The molecule has 1 aromatic heterocycles. The summed E-state index contributed by atoms with van der Waals surface area (Å²) in [5.41, 5.74) is 1.96. The van der Waals surface area contributed by atoms with Crippen LogP contribution in [0.3, 0.4) is 0 Å². The molecule has 3 rings (SSSR count). The SMILES string of the molecule is C=CC(=O)Nc1cc(Nc2nccc(OC3CN(S(C)=O)C3)n2)c(OC)cc1N(C)CCN(C)C. The topological polar surface area (TPSA) is 112 Å². The van der Waals surface area contributed by atoms with Gasteiger partial charge < -0.3 is 29.9 Å². The first kappa shape index (κ1) is 26.4. The van der Waals surface area contributed by atoms with Gasteiger partial charge >= 0.3 is 0 Å². The minimum Gasteiger partial charge on any atom is -0.494 e. The normalized spacial score (nSPS) is 14.7. The second-order valence-corrected chi connectivity index (χ2v) is 9.71. The largest absolute Gasteiger partial charge is 0.494 e. The van der Waals surface area contributed by atoms with Crippen LogP contribution in [-0.2, 0) is 15.8 Å². The van der Waals surface area contributed by atoms with Crippen molar-refractivity contribution in [3.8, 4) is 11.6 Å². The fourth-order valence-corrected chi connectivity index (χ4v) is 4.10. The molecule has 0 saturated carbocycles. The third-order valence-electron chi connectivity index (χ3n) is 5.40. The van der Waals surface area contributed by atoms with Crippen LogP contribution < -0.4 is 25.0 Å². The molecule has 11 nitrogen and oxygen atoms in total. The van der Waals surface area contributed by atoms with Crippen molar-refractivity contribution in [2.24, 2.45) is 0 Å². The Hall–Kier alpha value is -3.22. The van der Waals surface area contributed by atoms with E-state index in [1.54, 1.807) is 31.7 Å². The maximum atomic E-state index is 12.1. The standard InChI is InChI=1S/C23H33N7O4S/c1-7-21(31)25-17-12-18(20(33-5)13-19(17)29(4)11-10-28(2)3)26-23-24-9-8-22(27-23)34-16-14-30(15-16)35(6)32/h7-9,12-13,16H,1,10-11,14-15H2,2-6H3,(H,25,31)(H,24,26,27). The van der Waals surface area contributed by atoms with Crippen LogP contribution in [-0.4, -0.2) is 96.1 Å². The fraction of sp³-hybridized carbons (Fsp3) is 0.435. The molecule has 35 heavy (non-hydrogen) atoms. The molecule has 1 aliphatic heterocycles. The van der Waals surface area contributed by atoms with E-state index in [1.807, 2.05) is 36.4 Å². The van der Waals surface area contributed by atoms with Crippen molar-refractivity contribution in [1.82, 2.24) is 19.2 Å². The number of likely N-dealkylation sites (N-methyl/N-ethyl adjacent to an activating group) is 2. The molecule has 0 radical (unpaired) electrons. The van der Waals surface area contributed by atoms with Gasteiger partial charge in [-0.25, -0.2) is 13.5 Å². The summed E-state index contributed by atoms with van der Waals surface area (Å²) in [6.45, 7) is 6.29. The highest BCUT2D eigenvalue weighted by Crippen LogP contribution is 2.38. The number of benzene rings is 1. The molecule has 1 amide bonds. The molecule has 1 aromatic carbocycles. The fourth-order valence-electron chi connectivity index (χ4n) is 3.35. The summed E-state index contributed by atoms with van der Waals surface area (Å²) >= 11 is 0. The van der Waals surface area contributed by atoms with E-state index in [0.29, 0.717) is 42.0 Å². The smallest absolute Gasteiger partial charge is 0.247 e. The Morgan fingerprint density at radius 3 is 2.66 bits per heavy atom. The molecule has 2 N–H and O–H groups in total. The lowest BCUT2D eigenvalue weighted by Gasteiger charge is -2.36. The van der Waals surface area contributed by atoms with E-state index in [4.69, 9.17) is 9.47 Å². The van der Waals surface area contributed by atoms with Crippen molar-refractivity contribution in [3.63, 3.8) is 0 Å². The molecule has 2 aromatic rings. The average Bonchev–Trinajstić information content (AvgIpc) is 2.79. The van der Waals surface area contributed by atoms with Crippen molar-refractivity contribution < 1.29 is 18.5 Å². The van der Waals surface area contributed by atoms with Crippen molar-refractivity contribution >= 4 is 39.9 Å². The van der Waals surface area contributed by atoms with E-state index in [9.17, 15) is 9.00 Å². The Morgan fingerprint density at radius 2 is 2.03 bits per heavy atom. The molecular weight excluding hydrogens is 470 g/mol. The number of amides is 1. The lowest BCUT2D eigenvalue weighted by atomic mass is 10.2. The molecule has 0 spiro atoms. The summed E-state index contributed by atoms with van der Waals surface area (Å²) in [6, 6.07) is 5.30. The third-order valence-corrected chi connectivity index (χ3v) is 6.42. The summed E-state index contributed by atoms with van der Waals surface area (Å²) in [4.78, 5) is 25.0. The molecule has 190 valence electrons. The predicted molar refractivity (Wildman–Crippen MR) is 139 cm³/mol. The van der Waals surface area contributed by atoms with Gasteiger partial charge in [0.05, 0.1) is 35.2 Å². The summed E-state index contributed by atoms with van der Waals surface area (Å²) in [6.07, 6.45) is 4.39. The Bertz CT molecular complexity index is 1080. The highest BCUT2D eigenvalue weighted by atomic mass is 32.2. The Labute approximate surface area is 208 Å². The van der Waals surface area contributed by atoms with Crippen LogP contribution in [0.1, 0.15) is 0 Å². The van der Waals surface area contributed by atoms with E-state index in [0.717, 1.165) is 18.8 Å². The number of rotatable bonds is 12. The number of aromatic nitrogens is 2. The van der Waals surface area contributed by atoms with Crippen molar-refractivity contribution in [1.29, 1.82) is 0 Å². The zero-order chi connectivity index (χ0) is 25.5. The Morgan fingerprint density at radius 1 is 1.29 bits per heavy atom. The number of hydrogen-bond donors (Lipinski definition) is 2. The van der Waals surface area contributed by atoms with Crippen molar-refractivity contribution in [3.05, 3.63) is 37.1 Å². The Balaban J connectivity index is 1.83. The zero-order valence-electron chi connectivity index (χ0n) is 20.8. The maximum absolute atomic E-state index is 12.1. The monoisotopic (exact) mass is 503 g/mol. The van der Waals surface area contributed by atoms with Gasteiger partial charge in [-0.05, 0) is 26.2 Å². The molecule has 1 fully saturated rings. The van der Waals surface area contributed by atoms with E-state index >= 15 is 0 Å². The molecule has 1 saturated heterocycles. The molecule has 0 aliphatic carbocycles. The molecule has 1 atom stereocenters. The predicted octanol–water partition coefficient (Wildman–Crippen LogP) is 1.71. The number of hydrogen-bond acceptors (Lipinski definition) is 9. The van der Waals surface area contributed by atoms with Gasteiger partial charge in [0.2, 0.25) is 17.7 Å². The van der Waals surface area contributed by atoms with Crippen LogP contribution >= 0.6 is 0 Å². The molecule has 1 unspecified atom stereocenters. The van der Waals surface area contributed by atoms with Gasteiger partial charge in [0, 0.05) is 57.8 Å². The molecule has 12 heteroatoms. The first-order valence-electron chi connectivity index (χ1n) is 11.1. The second-order valence-electron chi connectivity index (χ2n) is 8.34. The minimum atomic E-state index is -1.00. The zero-order valence-corrected chi connectivity index (χ0v) is 21.6. The van der Waals surface area contributed by atoms with E-state index in [2.05, 4.69) is 32.1 Å². The van der Waals surface area contributed by atoms with Crippen molar-refractivity contribution in [2.45, 2.75) is 6.10 Å². The molecule has 2 heterocycles. The number of ether oxygens (including phenoxy) is 2. The lowest BCUT2D eigenvalue weighted by molar-refractivity contribution is -0.111. The maximum Gasteiger partial charge on any atom is 0.247 e. The minimum absolute atomic E-state index is 0.0751. The van der Waals surface area contributed by atoms with Gasteiger partial charge in [0.1, 0.15) is 11.9 Å². The van der Waals surface area contributed by atoms with Gasteiger partial charge in [0.15, 0.2) is 0 Å². The van der Waals surface area contributed by atoms with Crippen LogP contribution in [0.25, 0.3) is 0 Å². The lowest BCUT2D eigenvalue weighted by Crippen LogP contribution is -2.53. The first-order valence-corrected chi connectivity index (χ1v) is 12.6. The number of nitrogens with one attached hydrogen (secondary N) is 2. The second kappa shape index (κ2) is 12.0. The first-order chi connectivity index (χ1) is 16.7. The summed E-state index contributed by atoms with van der Waals surface area (Å²) < 4.78 is 24.8. The number of nitrogens with zero attached hydrogens (tertiary/aromatic N) is 5. The van der Waals surface area contributed by atoms with Crippen LogP contribution in [0.2, 0.25) is 0 Å². The van der Waals surface area contributed by atoms with E-state index in [1.165, 1.54) is 6.08 Å². The van der Waals surface area contributed by atoms with E-state index in [-0.39, 0.29) is 12.0 Å². The highest BCUT2D eigenvalue weighted by molar-refractivity contribution is 7.81. The van der Waals surface area contributed by atoms with Crippen LogP contribution in [0.5, 0.6) is 11.6 Å². The van der Waals surface area contributed by atoms with E-state index < -0.39 is 11.0 Å².